The van der Waals surface area contributed by atoms with Crippen LogP contribution in [0.1, 0.15) is 33.3 Å². The molecule has 1 fully saturated rings. The van der Waals surface area contributed by atoms with E-state index in [0.717, 1.165) is 16.7 Å². The molecule has 3 rings (SSSR count). The van der Waals surface area contributed by atoms with Crippen molar-refractivity contribution < 1.29 is 28.9 Å². The molecule has 9 nitrogen and oxygen atoms in total. The monoisotopic (exact) mass is 408 g/mol. The maximum atomic E-state index is 13.5. The summed E-state index contributed by atoms with van der Waals surface area (Å²) in [5, 5.41) is 20.4. The molecular weight excluding hydrogens is 387 g/mol. The van der Waals surface area contributed by atoms with Gasteiger partial charge in [0.15, 0.2) is 6.23 Å². The van der Waals surface area contributed by atoms with Crippen molar-refractivity contribution in [3.05, 3.63) is 67.2 Å². The molecule has 1 aromatic carbocycles. The Kier molecular flexibility index (Phi) is 5.69. The normalized spacial score (nSPS) is 23.9. The number of aryl methyl sites for hydroxylation is 3. The number of esters is 1. The predicted molar refractivity (Wildman–Crippen MR) is 98.1 cm³/mol. The smallest absolute Gasteiger partial charge is 0.338 e. The summed E-state index contributed by atoms with van der Waals surface area (Å²) in [4.78, 5) is 37.2. The second-order valence-corrected chi connectivity index (χ2v) is 7.06. The van der Waals surface area contributed by atoms with Gasteiger partial charge in [0.05, 0.1) is 11.8 Å². The highest BCUT2D eigenvalue weighted by Gasteiger charge is 2.45. The van der Waals surface area contributed by atoms with Crippen LogP contribution in [-0.2, 0) is 9.47 Å². The number of aromatic nitrogens is 2. The number of hydrogen-bond donors (Lipinski definition) is 3. The fourth-order valence-electron chi connectivity index (χ4n) is 3.48. The van der Waals surface area contributed by atoms with Gasteiger partial charge in [-0.2, -0.15) is 4.39 Å². The van der Waals surface area contributed by atoms with Gasteiger partial charge in [-0.05, 0) is 31.9 Å². The van der Waals surface area contributed by atoms with Gasteiger partial charge >= 0.3 is 11.7 Å². The van der Waals surface area contributed by atoms with Crippen LogP contribution in [0.5, 0.6) is 0 Å². The third-order valence-electron chi connectivity index (χ3n) is 4.80. The Labute approximate surface area is 164 Å². The molecule has 0 bridgehead atoms. The molecule has 2 heterocycles. The van der Waals surface area contributed by atoms with Gasteiger partial charge in [0.2, 0.25) is 5.82 Å². The highest BCUT2D eigenvalue weighted by molar-refractivity contribution is 5.92. The number of aliphatic hydroxyl groups is 2. The minimum atomic E-state index is -1.61. The maximum absolute atomic E-state index is 13.5. The average molecular weight is 408 g/mol. The van der Waals surface area contributed by atoms with Gasteiger partial charge < -0.3 is 19.7 Å². The van der Waals surface area contributed by atoms with Crippen LogP contribution < -0.4 is 11.2 Å². The molecule has 0 radical (unpaired) electrons. The van der Waals surface area contributed by atoms with E-state index in [0.29, 0.717) is 16.3 Å². The van der Waals surface area contributed by atoms with Crippen molar-refractivity contribution in [1.29, 1.82) is 0 Å². The van der Waals surface area contributed by atoms with Crippen molar-refractivity contribution in [1.82, 2.24) is 9.55 Å². The summed E-state index contributed by atoms with van der Waals surface area (Å²) >= 11 is 0. The lowest BCUT2D eigenvalue weighted by atomic mass is 10.00. The van der Waals surface area contributed by atoms with Crippen LogP contribution in [0.25, 0.3) is 0 Å². The fourth-order valence-corrected chi connectivity index (χ4v) is 3.48. The summed E-state index contributed by atoms with van der Waals surface area (Å²) in [6.07, 6.45) is -5.16. The van der Waals surface area contributed by atoms with E-state index in [4.69, 9.17) is 9.47 Å². The summed E-state index contributed by atoms with van der Waals surface area (Å²) in [5.41, 5.74) is 0.613. The summed E-state index contributed by atoms with van der Waals surface area (Å²) in [7, 11) is 0. The van der Waals surface area contributed by atoms with Gasteiger partial charge in [0, 0.05) is 0 Å². The molecule has 1 aromatic heterocycles. The molecule has 156 valence electrons. The van der Waals surface area contributed by atoms with E-state index in [9.17, 15) is 29.0 Å². The van der Waals surface area contributed by atoms with E-state index in [1.165, 1.54) is 0 Å². The minimum Gasteiger partial charge on any atom is -0.459 e. The number of ether oxygens (including phenoxy) is 2. The maximum Gasteiger partial charge on any atom is 0.338 e. The molecule has 0 amide bonds. The van der Waals surface area contributed by atoms with Gasteiger partial charge in [-0.3, -0.25) is 14.3 Å². The standard InChI is InChI=1S/C19H21FN2O7/c1-8-4-9(2)13(10(3)5-8)18(26)28-7-12-14(23)15(24)17(29-12)22-6-11(20)16(25)21-19(22)27/h4-6,12,14-15,17,23-24H,7H2,1-3H3,(H,21,25,27). The van der Waals surface area contributed by atoms with Crippen molar-refractivity contribution in [3.8, 4) is 0 Å². The third kappa shape index (κ3) is 4.00. The zero-order valence-electron chi connectivity index (χ0n) is 16.0. The van der Waals surface area contributed by atoms with Crippen LogP contribution in [0, 0.1) is 26.6 Å². The van der Waals surface area contributed by atoms with Crippen molar-refractivity contribution in [2.45, 2.75) is 45.3 Å². The molecule has 0 saturated carbocycles. The number of carbonyl (C=O) groups is 1. The van der Waals surface area contributed by atoms with Crippen LogP contribution in [0.2, 0.25) is 0 Å². The minimum absolute atomic E-state index is 0.388. The van der Waals surface area contributed by atoms with Crippen LogP contribution in [0.4, 0.5) is 4.39 Å². The lowest BCUT2D eigenvalue weighted by Crippen LogP contribution is -2.38. The Hall–Kier alpha value is -2.82. The first kappa shape index (κ1) is 20.9. The van der Waals surface area contributed by atoms with Gasteiger partial charge in [-0.25, -0.2) is 9.59 Å². The number of aliphatic hydroxyl groups excluding tert-OH is 2. The van der Waals surface area contributed by atoms with E-state index < -0.39 is 54.2 Å². The molecular formula is C19H21FN2O7. The van der Waals surface area contributed by atoms with Crippen LogP contribution >= 0.6 is 0 Å². The Bertz CT molecular complexity index is 1040. The number of rotatable bonds is 4. The zero-order chi connectivity index (χ0) is 21.5. The SMILES string of the molecule is Cc1cc(C)c(C(=O)OCC2OC(n3cc(F)c(=O)[nH]c3=O)C(O)C2O)c(C)c1. The van der Waals surface area contributed by atoms with E-state index >= 15 is 0 Å². The summed E-state index contributed by atoms with van der Waals surface area (Å²) in [5.74, 6) is -1.88. The highest BCUT2D eigenvalue weighted by atomic mass is 19.1. The van der Waals surface area contributed by atoms with Crippen molar-refractivity contribution in [2.75, 3.05) is 6.61 Å². The lowest BCUT2D eigenvalue weighted by Gasteiger charge is -2.17. The molecule has 3 N–H and O–H groups in total. The topological polar surface area (TPSA) is 131 Å². The number of carbonyl (C=O) groups excluding carboxylic acids is 1. The predicted octanol–water partition coefficient (Wildman–Crippen LogP) is 0.0772. The van der Waals surface area contributed by atoms with E-state index in [2.05, 4.69) is 0 Å². The first-order valence-electron chi connectivity index (χ1n) is 8.87. The number of H-pyrrole nitrogens is 1. The second kappa shape index (κ2) is 7.90. The third-order valence-corrected chi connectivity index (χ3v) is 4.80. The van der Waals surface area contributed by atoms with Crippen LogP contribution in [0.3, 0.4) is 0 Å². The number of aromatic amines is 1. The molecule has 2 aromatic rings. The van der Waals surface area contributed by atoms with E-state index in [1.807, 2.05) is 19.1 Å². The van der Waals surface area contributed by atoms with Crippen molar-refractivity contribution >= 4 is 5.97 Å². The first-order chi connectivity index (χ1) is 13.6. The van der Waals surface area contributed by atoms with Crippen LogP contribution in [-0.4, -0.2) is 50.7 Å². The summed E-state index contributed by atoms with van der Waals surface area (Å²) < 4.78 is 24.8. The number of nitrogens with one attached hydrogen (secondary N) is 1. The number of halogens is 1. The Balaban J connectivity index is 1.75. The summed E-state index contributed by atoms with van der Waals surface area (Å²) in [6, 6.07) is 3.67. The molecule has 0 spiro atoms. The lowest BCUT2D eigenvalue weighted by molar-refractivity contribution is -0.0602. The molecule has 0 aliphatic carbocycles. The van der Waals surface area contributed by atoms with Gasteiger partial charge in [0.1, 0.15) is 24.9 Å². The number of nitrogens with zero attached hydrogens (tertiary/aromatic N) is 1. The second-order valence-electron chi connectivity index (χ2n) is 7.06. The Morgan fingerprint density at radius 2 is 1.83 bits per heavy atom. The Morgan fingerprint density at radius 1 is 1.21 bits per heavy atom. The van der Waals surface area contributed by atoms with Crippen molar-refractivity contribution in [2.24, 2.45) is 0 Å². The molecule has 4 unspecified atom stereocenters. The molecule has 10 heteroatoms. The van der Waals surface area contributed by atoms with Gasteiger partial charge in [-0.15, -0.1) is 0 Å². The zero-order valence-corrected chi connectivity index (χ0v) is 16.0. The highest BCUT2D eigenvalue weighted by Crippen LogP contribution is 2.29. The number of benzene rings is 1. The Morgan fingerprint density at radius 3 is 2.45 bits per heavy atom. The molecule has 29 heavy (non-hydrogen) atoms. The molecule has 1 aliphatic rings. The quantitative estimate of drug-likeness (QED) is 0.611. The largest absolute Gasteiger partial charge is 0.459 e. The first-order valence-corrected chi connectivity index (χ1v) is 8.87. The molecule has 1 aliphatic heterocycles. The number of hydrogen-bond acceptors (Lipinski definition) is 7. The molecule has 1 saturated heterocycles. The van der Waals surface area contributed by atoms with Crippen LogP contribution in [0.15, 0.2) is 27.9 Å². The van der Waals surface area contributed by atoms with Crippen molar-refractivity contribution in [3.63, 3.8) is 0 Å². The van der Waals surface area contributed by atoms with Gasteiger partial charge in [0.25, 0.3) is 5.56 Å². The summed E-state index contributed by atoms with van der Waals surface area (Å²) in [6.45, 7) is 5.05. The molecule has 4 atom stereocenters. The van der Waals surface area contributed by atoms with E-state index in [1.54, 1.807) is 18.8 Å². The average Bonchev–Trinajstić information content (AvgIpc) is 2.90. The van der Waals surface area contributed by atoms with E-state index in [-0.39, 0.29) is 0 Å². The van der Waals surface area contributed by atoms with Gasteiger partial charge in [-0.1, -0.05) is 17.7 Å². The fraction of sp³-hybridized carbons (Fsp3) is 0.421.